The molecule has 1 aliphatic rings. The number of hydrogen-bond acceptors (Lipinski definition) is 1. The predicted molar refractivity (Wildman–Crippen MR) is 93.8 cm³/mol. The maximum atomic E-state index is 4.00. The third kappa shape index (κ3) is 3.49. The van der Waals surface area contributed by atoms with E-state index in [0.717, 1.165) is 25.8 Å². The SMILES string of the molecule is C=CC1=C(/C=C\C)/C(=C/CCN=C)c2ccccc2CC1. The molecule has 0 aromatic heterocycles. The summed E-state index contributed by atoms with van der Waals surface area (Å²) in [6, 6.07) is 8.69. The fraction of sp³-hybridized carbons (Fsp3) is 0.250. The van der Waals surface area contributed by atoms with Crippen LogP contribution >= 0.6 is 0 Å². The molecule has 0 saturated heterocycles. The van der Waals surface area contributed by atoms with Crippen LogP contribution in [0, 0.1) is 0 Å². The highest BCUT2D eigenvalue weighted by atomic mass is 14.7. The molecule has 1 heteroatoms. The van der Waals surface area contributed by atoms with Gasteiger partial charge in [0.1, 0.15) is 0 Å². The third-order valence-electron chi connectivity index (χ3n) is 3.82. The molecule has 0 amide bonds. The van der Waals surface area contributed by atoms with Gasteiger partial charge >= 0.3 is 0 Å². The number of fused-ring (bicyclic) bond motifs is 1. The second-order valence-electron chi connectivity index (χ2n) is 5.15. The normalized spacial score (nSPS) is 16.9. The Labute approximate surface area is 128 Å². The predicted octanol–water partition coefficient (Wildman–Crippen LogP) is 5.17. The van der Waals surface area contributed by atoms with Gasteiger partial charge in [0.25, 0.3) is 0 Å². The molecule has 108 valence electrons. The fourth-order valence-corrected chi connectivity index (χ4v) is 2.82. The summed E-state index contributed by atoms with van der Waals surface area (Å²) in [5, 5.41) is 0. The molecule has 1 aromatic rings. The van der Waals surface area contributed by atoms with E-state index in [4.69, 9.17) is 0 Å². The van der Waals surface area contributed by atoms with Gasteiger partial charge in [0, 0.05) is 6.54 Å². The van der Waals surface area contributed by atoms with Crippen LogP contribution in [0.1, 0.15) is 30.9 Å². The molecule has 0 unspecified atom stereocenters. The van der Waals surface area contributed by atoms with Gasteiger partial charge in [-0.1, -0.05) is 55.1 Å². The smallest absolute Gasteiger partial charge is 0.0416 e. The number of allylic oxidation sites excluding steroid dienone is 6. The van der Waals surface area contributed by atoms with Crippen molar-refractivity contribution < 1.29 is 0 Å². The van der Waals surface area contributed by atoms with E-state index < -0.39 is 0 Å². The van der Waals surface area contributed by atoms with Crippen molar-refractivity contribution in [2.45, 2.75) is 26.2 Å². The van der Waals surface area contributed by atoms with Crippen LogP contribution in [-0.2, 0) is 6.42 Å². The summed E-state index contributed by atoms with van der Waals surface area (Å²) in [5.41, 5.74) is 6.67. The molecule has 0 heterocycles. The topological polar surface area (TPSA) is 12.4 Å². The quantitative estimate of drug-likeness (QED) is 0.520. The van der Waals surface area contributed by atoms with Crippen LogP contribution in [0.5, 0.6) is 0 Å². The molecule has 0 atom stereocenters. The molecule has 1 aromatic carbocycles. The average Bonchev–Trinajstić information content (AvgIpc) is 2.66. The fourth-order valence-electron chi connectivity index (χ4n) is 2.82. The van der Waals surface area contributed by atoms with Crippen LogP contribution in [0.15, 0.2) is 71.3 Å². The molecule has 21 heavy (non-hydrogen) atoms. The van der Waals surface area contributed by atoms with Crippen molar-refractivity contribution in [2.24, 2.45) is 4.99 Å². The minimum absolute atomic E-state index is 0.762. The Kier molecular flexibility index (Phi) is 5.51. The first-order valence-corrected chi connectivity index (χ1v) is 7.51. The summed E-state index contributed by atoms with van der Waals surface area (Å²) in [6.07, 6.45) is 11.6. The number of nitrogens with zero attached hydrogens (tertiary/aromatic N) is 1. The van der Waals surface area contributed by atoms with E-state index in [1.165, 1.54) is 27.8 Å². The van der Waals surface area contributed by atoms with Gasteiger partial charge < -0.3 is 4.99 Å². The highest BCUT2D eigenvalue weighted by Gasteiger charge is 2.17. The van der Waals surface area contributed by atoms with E-state index in [2.05, 4.69) is 67.7 Å². The van der Waals surface area contributed by atoms with Crippen LogP contribution in [0.25, 0.3) is 5.57 Å². The van der Waals surface area contributed by atoms with E-state index in [-0.39, 0.29) is 0 Å². The number of hydrogen-bond donors (Lipinski definition) is 0. The molecule has 0 spiro atoms. The van der Waals surface area contributed by atoms with Gasteiger partial charge in [-0.3, -0.25) is 0 Å². The van der Waals surface area contributed by atoms with Gasteiger partial charge in [-0.15, -0.1) is 0 Å². The third-order valence-corrected chi connectivity index (χ3v) is 3.82. The lowest BCUT2D eigenvalue weighted by Gasteiger charge is -2.12. The lowest BCUT2D eigenvalue weighted by molar-refractivity contribution is 0.968. The summed E-state index contributed by atoms with van der Waals surface area (Å²) < 4.78 is 0. The molecule has 0 saturated carbocycles. The molecule has 0 radical (unpaired) electrons. The minimum Gasteiger partial charge on any atom is -0.301 e. The molecule has 0 aliphatic heterocycles. The Morgan fingerprint density at radius 1 is 1.24 bits per heavy atom. The molecule has 1 nitrogen and oxygen atoms in total. The second-order valence-corrected chi connectivity index (χ2v) is 5.15. The monoisotopic (exact) mass is 277 g/mol. The van der Waals surface area contributed by atoms with Gasteiger partial charge in [0.2, 0.25) is 0 Å². The van der Waals surface area contributed by atoms with Crippen LogP contribution in [0.3, 0.4) is 0 Å². The molecule has 1 aliphatic carbocycles. The van der Waals surface area contributed by atoms with Crippen LogP contribution in [0.2, 0.25) is 0 Å². The zero-order valence-corrected chi connectivity index (χ0v) is 12.8. The molecule has 0 fully saturated rings. The summed E-state index contributed by atoms with van der Waals surface area (Å²) in [6.45, 7) is 10.4. The number of benzene rings is 1. The first-order valence-electron chi connectivity index (χ1n) is 7.51. The molecular formula is C20H23N. The molecule has 0 bridgehead atoms. The van der Waals surface area contributed by atoms with Crippen LogP contribution in [-0.4, -0.2) is 13.3 Å². The maximum absolute atomic E-state index is 4.00. The summed E-state index contributed by atoms with van der Waals surface area (Å²) in [7, 11) is 0. The van der Waals surface area contributed by atoms with Crippen molar-refractivity contribution in [3.05, 3.63) is 77.4 Å². The van der Waals surface area contributed by atoms with E-state index in [1.54, 1.807) is 0 Å². The largest absolute Gasteiger partial charge is 0.301 e. The standard InChI is InChI=1S/C20H23N/c1-4-9-18-16(5-2)13-14-17-10-6-7-11-19(17)20(18)12-8-15-21-3/h4-7,9-12H,2-3,8,13-15H2,1H3/b9-4-,20-12-. The van der Waals surface area contributed by atoms with Crippen LogP contribution in [0.4, 0.5) is 0 Å². The van der Waals surface area contributed by atoms with Crippen molar-refractivity contribution >= 4 is 12.3 Å². The van der Waals surface area contributed by atoms with Gasteiger partial charge in [-0.2, -0.15) is 0 Å². The zero-order valence-electron chi connectivity index (χ0n) is 12.8. The molecule has 0 N–H and O–H groups in total. The molecule has 2 rings (SSSR count). The Bertz CT molecular complexity index is 614. The number of aliphatic imine (C=N–C) groups is 1. The van der Waals surface area contributed by atoms with Gasteiger partial charge in [-0.05, 0) is 60.7 Å². The van der Waals surface area contributed by atoms with E-state index in [9.17, 15) is 0 Å². The van der Waals surface area contributed by atoms with E-state index >= 15 is 0 Å². The van der Waals surface area contributed by atoms with Crippen molar-refractivity contribution in [1.29, 1.82) is 0 Å². The average molecular weight is 277 g/mol. The van der Waals surface area contributed by atoms with Crippen molar-refractivity contribution in [3.8, 4) is 0 Å². The van der Waals surface area contributed by atoms with Crippen molar-refractivity contribution in [2.75, 3.05) is 6.54 Å². The summed E-state index contributed by atoms with van der Waals surface area (Å²) in [4.78, 5) is 3.96. The Balaban J connectivity index is 2.59. The van der Waals surface area contributed by atoms with Gasteiger partial charge in [-0.25, -0.2) is 0 Å². The maximum Gasteiger partial charge on any atom is 0.0416 e. The first kappa shape index (κ1) is 15.2. The van der Waals surface area contributed by atoms with Crippen molar-refractivity contribution in [1.82, 2.24) is 0 Å². The van der Waals surface area contributed by atoms with E-state index in [0.29, 0.717) is 0 Å². The zero-order chi connectivity index (χ0) is 15.1. The minimum atomic E-state index is 0.762. The van der Waals surface area contributed by atoms with Gasteiger partial charge in [0.05, 0.1) is 0 Å². The number of aryl methyl sites for hydroxylation is 1. The lowest BCUT2D eigenvalue weighted by Crippen LogP contribution is -1.93. The summed E-state index contributed by atoms with van der Waals surface area (Å²) in [5.74, 6) is 0. The second kappa shape index (κ2) is 7.58. The molecular weight excluding hydrogens is 254 g/mol. The van der Waals surface area contributed by atoms with Gasteiger partial charge in [0.15, 0.2) is 0 Å². The Morgan fingerprint density at radius 3 is 2.76 bits per heavy atom. The Morgan fingerprint density at radius 2 is 2.05 bits per heavy atom. The summed E-state index contributed by atoms with van der Waals surface area (Å²) >= 11 is 0. The van der Waals surface area contributed by atoms with Crippen molar-refractivity contribution in [3.63, 3.8) is 0 Å². The lowest BCUT2D eigenvalue weighted by atomic mass is 9.92. The van der Waals surface area contributed by atoms with E-state index in [1.807, 2.05) is 6.08 Å². The number of rotatable bonds is 5. The Hall–Kier alpha value is -2.15. The van der Waals surface area contributed by atoms with Crippen LogP contribution < -0.4 is 0 Å². The highest BCUT2D eigenvalue weighted by molar-refractivity contribution is 5.85. The highest BCUT2D eigenvalue weighted by Crippen LogP contribution is 2.35. The first-order chi connectivity index (χ1) is 10.3.